The molecular weight excluding hydrogens is 289 g/mol. The van der Waals surface area contributed by atoms with Gasteiger partial charge in [0.2, 0.25) is 0 Å². The third kappa shape index (κ3) is 2.96. The predicted molar refractivity (Wildman–Crippen MR) is 83.9 cm³/mol. The lowest BCUT2D eigenvalue weighted by atomic mass is 10.1. The first-order valence-electron chi connectivity index (χ1n) is 7.37. The van der Waals surface area contributed by atoms with Crippen molar-refractivity contribution in [3.8, 4) is 5.75 Å². The summed E-state index contributed by atoms with van der Waals surface area (Å²) in [6, 6.07) is 3.16. The Balaban J connectivity index is 1.86. The molecule has 21 heavy (non-hydrogen) atoms. The highest BCUT2D eigenvalue weighted by molar-refractivity contribution is 7.71. The van der Waals surface area contributed by atoms with Crippen molar-refractivity contribution in [2.75, 3.05) is 26.7 Å². The van der Waals surface area contributed by atoms with Crippen LogP contribution in [0.1, 0.15) is 19.3 Å². The number of methoxy groups -OCH3 is 1. The molecule has 1 aliphatic heterocycles. The van der Waals surface area contributed by atoms with E-state index in [1.807, 2.05) is 4.57 Å². The quantitative estimate of drug-likeness (QED) is 0.880. The molecule has 2 aromatic rings. The smallest absolute Gasteiger partial charge is 0.178 e. The maximum Gasteiger partial charge on any atom is 0.178 e. The Kier molecular flexibility index (Phi) is 4.26. The fourth-order valence-electron chi connectivity index (χ4n) is 2.96. The molecule has 0 saturated carbocycles. The number of rotatable bonds is 4. The fourth-order valence-corrected chi connectivity index (χ4v) is 3.26. The number of fused-ring (bicyclic) bond motifs is 1. The van der Waals surface area contributed by atoms with E-state index in [4.69, 9.17) is 17.0 Å². The van der Waals surface area contributed by atoms with Crippen LogP contribution in [0.15, 0.2) is 12.1 Å². The van der Waals surface area contributed by atoms with Gasteiger partial charge < -0.3 is 19.2 Å². The standard InChI is InChI=1S/C15H20FN3OS/c1-20-14-10-13-12(9-11(14)16)17-15(21)19(13)8-7-18-5-3-2-4-6-18/h9-10H,2-8H2,1H3,(H,17,21). The van der Waals surface area contributed by atoms with Gasteiger partial charge in [-0.1, -0.05) is 6.42 Å². The average Bonchev–Trinajstić information content (AvgIpc) is 2.79. The van der Waals surface area contributed by atoms with Crippen LogP contribution in [0.4, 0.5) is 4.39 Å². The highest BCUT2D eigenvalue weighted by atomic mass is 32.1. The van der Waals surface area contributed by atoms with Gasteiger partial charge in [-0.25, -0.2) is 4.39 Å². The number of imidazole rings is 1. The molecule has 0 amide bonds. The van der Waals surface area contributed by atoms with E-state index >= 15 is 0 Å². The number of nitrogens with zero attached hydrogens (tertiary/aromatic N) is 2. The van der Waals surface area contributed by atoms with Crippen molar-refractivity contribution in [2.24, 2.45) is 0 Å². The Labute approximate surface area is 128 Å². The molecule has 2 heterocycles. The number of benzene rings is 1. The second kappa shape index (κ2) is 6.15. The molecule has 0 radical (unpaired) electrons. The molecule has 1 fully saturated rings. The summed E-state index contributed by atoms with van der Waals surface area (Å²) >= 11 is 5.37. The third-order valence-corrected chi connectivity index (χ3v) is 4.46. The number of H-pyrrole nitrogens is 1. The van der Waals surface area contributed by atoms with Crippen LogP contribution in [-0.4, -0.2) is 41.2 Å². The summed E-state index contributed by atoms with van der Waals surface area (Å²) in [5.74, 6) is -0.118. The van der Waals surface area contributed by atoms with Gasteiger partial charge in [0, 0.05) is 25.2 Å². The number of nitrogens with one attached hydrogen (secondary N) is 1. The first-order valence-corrected chi connectivity index (χ1v) is 7.78. The summed E-state index contributed by atoms with van der Waals surface area (Å²) in [5.41, 5.74) is 1.62. The first kappa shape index (κ1) is 14.5. The Morgan fingerprint density at radius 3 is 2.71 bits per heavy atom. The maximum absolute atomic E-state index is 13.7. The van der Waals surface area contributed by atoms with Gasteiger partial charge in [-0.15, -0.1) is 0 Å². The second-order valence-corrected chi connectivity index (χ2v) is 5.87. The van der Waals surface area contributed by atoms with E-state index in [-0.39, 0.29) is 11.6 Å². The number of hydrogen-bond acceptors (Lipinski definition) is 3. The number of aromatic amines is 1. The van der Waals surface area contributed by atoms with Crippen LogP contribution in [0.5, 0.6) is 5.75 Å². The lowest BCUT2D eigenvalue weighted by Gasteiger charge is -2.26. The minimum atomic E-state index is -0.371. The third-order valence-electron chi connectivity index (χ3n) is 4.14. The van der Waals surface area contributed by atoms with Gasteiger partial charge in [-0.3, -0.25) is 0 Å². The molecule has 1 aromatic carbocycles. The van der Waals surface area contributed by atoms with Crippen LogP contribution >= 0.6 is 12.2 Å². The van der Waals surface area contributed by atoms with Crippen LogP contribution in [-0.2, 0) is 6.54 Å². The Morgan fingerprint density at radius 2 is 2.00 bits per heavy atom. The topological polar surface area (TPSA) is 33.2 Å². The zero-order valence-electron chi connectivity index (χ0n) is 12.2. The van der Waals surface area contributed by atoms with Crippen molar-refractivity contribution >= 4 is 23.3 Å². The van der Waals surface area contributed by atoms with Crippen molar-refractivity contribution < 1.29 is 9.13 Å². The lowest BCUT2D eigenvalue weighted by molar-refractivity contribution is 0.221. The molecule has 1 N–H and O–H groups in total. The molecule has 0 atom stereocenters. The fraction of sp³-hybridized carbons (Fsp3) is 0.533. The van der Waals surface area contributed by atoms with Crippen molar-refractivity contribution in [2.45, 2.75) is 25.8 Å². The van der Waals surface area contributed by atoms with Gasteiger partial charge in [0.1, 0.15) is 0 Å². The van der Waals surface area contributed by atoms with Gasteiger partial charge >= 0.3 is 0 Å². The summed E-state index contributed by atoms with van der Waals surface area (Å²) in [7, 11) is 1.48. The summed E-state index contributed by atoms with van der Waals surface area (Å²) in [6.45, 7) is 4.11. The van der Waals surface area contributed by atoms with Gasteiger partial charge in [-0.2, -0.15) is 0 Å². The molecule has 6 heteroatoms. The van der Waals surface area contributed by atoms with E-state index in [2.05, 4.69) is 9.88 Å². The van der Waals surface area contributed by atoms with E-state index < -0.39 is 0 Å². The zero-order chi connectivity index (χ0) is 14.8. The van der Waals surface area contributed by atoms with Crippen molar-refractivity contribution in [1.82, 2.24) is 14.5 Å². The van der Waals surface area contributed by atoms with Gasteiger partial charge in [0.05, 0.1) is 18.1 Å². The van der Waals surface area contributed by atoms with Crippen LogP contribution in [0.3, 0.4) is 0 Å². The van der Waals surface area contributed by atoms with E-state index in [1.165, 1.54) is 32.4 Å². The molecule has 0 bridgehead atoms. The Hall–Kier alpha value is -1.40. The molecule has 0 aliphatic carbocycles. The number of halogens is 1. The van der Waals surface area contributed by atoms with E-state index in [9.17, 15) is 4.39 Å². The van der Waals surface area contributed by atoms with Gasteiger partial charge in [0.25, 0.3) is 0 Å². The van der Waals surface area contributed by atoms with Gasteiger partial charge in [-0.05, 0) is 38.1 Å². The first-order chi connectivity index (χ1) is 10.2. The average molecular weight is 309 g/mol. The Morgan fingerprint density at radius 1 is 1.24 bits per heavy atom. The normalized spacial score (nSPS) is 16.5. The molecule has 0 unspecified atom stereocenters. The summed E-state index contributed by atoms with van der Waals surface area (Å²) < 4.78 is 21.5. The maximum atomic E-state index is 13.7. The number of hydrogen-bond donors (Lipinski definition) is 1. The summed E-state index contributed by atoms with van der Waals surface area (Å²) in [4.78, 5) is 5.53. The molecule has 1 aromatic heterocycles. The van der Waals surface area contributed by atoms with Crippen LogP contribution in [0.2, 0.25) is 0 Å². The molecule has 3 rings (SSSR count). The molecule has 0 spiro atoms. The van der Waals surface area contributed by atoms with E-state index in [1.54, 1.807) is 6.07 Å². The lowest BCUT2D eigenvalue weighted by Crippen LogP contribution is -2.32. The SMILES string of the molecule is COc1cc2c(cc1F)[nH]c(=S)n2CCN1CCCCC1. The van der Waals surface area contributed by atoms with Crippen LogP contribution in [0, 0.1) is 10.6 Å². The van der Waals surface area contributed by atoms with Crippen molar-refractivity contribution in [1.29, 1.82) is 0 Å². The summed E-state index contributed by atoms with van der Waals surface area (Å²) in [5, 5.41) is 0. The Bertz CT molecular complexity index is 688. The number of ether oxygens (including phenoxy) is 1. The van der Waals surface area contributed by atoms with Crippen LogP contribution in [0.25, 0.3) is 11.0 Å². The van der Waals surface area contributed by atoms with Crippen molar-refractivity contribution in [3.05, 3.63) is 22.7 Å². The van der Waals surface area contributed by atoms with Crippen molar-refractivity contribution in [3.63, 3.8) is 0 Å². The molecule has 4 nitrogen and oxygen atoms in total. The molecular formula is C15H20FN3OS. The second-order valence-electron chi connectivity index (χ2n) is 5.49. The van der Waals surface area contributed by atoms with E-state index in [0.717, 1.165) is 37.2 Å². The monoisotopic (exact) mass is 309 g/mol. The molecule has 114 valence electrons. The highest BCUT2D eigenvalue weighted by Gasteiger charge is 2.13. The minimum absolute atomic E-state index is 0.253. The minimum Gasteiger partial charge on any atom is -0.494 e. The van der Waals surface area contributed by atoms with Crippen LogP contribution < -0.4 is 4.74 Å². The zero-order valence-corrected chi connectivity index (χ0v) is 13.0. The van der Waals surface area contributed by atoms with Gasteiger partial charge in [0.15, 0.2) is 16.3 Å². The number of piperidine rings is 1. The highest BCUT2D eigenvalue weighted by Crippen LogP contribution is 2.24. The molecule has 1 aliphatic rings. The summed E-state index contributed by atoms with van der Waals surface area (Å²) in [6.07, 6.45) is 3.89. The largest absolute Gasteiger partial charge is 0.494 e. The predicted octanol–water partition coefficient (Wildman–Crippen LogP) is 3.33. The number of aromatic nitrogens is 2. The molecule has 1 saturated heterocycles. The number of likely N-dealkylation sites (tertiary alicyclic amines) is 1. The van der Waals surface area contributed by atoms with E-state index in [0.29, 0.717) is 4.77 Å².